The third kappa shape index (κ3) is 6.43. The Hall–Kier alpha value is -2.95. The van der Waals surface area contributed by atoms with Crippen LogP contribution in [0.1, 0.15) is 40.2 Å². The van der Waals surface area contributed by atoms with Crippen LogP contribution in [-0.2, 0) is 33.8 Å². The normalized spacial score (nSPS) is 16.3. The summed E-state index contributed by atoms with van der Waals surface area (Å²) in [5.41, 5.74) is 2.56. The first kappa shape index (κ1) is 26.1. The number of ether oxygens (including phenoxy) is 2. The van der Waals surface area contributed by atoms with Crippen LogP contribution in [0.4, 0.5) is 9.80 Å². The van der Waals surface area contributed by atoms with Crippen LogP contribution in [0.3, 0.4) is 0 Å². The number of thiophene rings is 1. The highest BCUT2D eigenvalue weighted by molar-refractivity contribution is 7.17. The zero-order valence-corrected chi connectivity index (χ0v) is 21.8. The van der Waals surface area contributed by atoms with E-state index in [0.717, 1.165) is 43.2 Å². The average molecular weight is 515 g/mol. The number of benzene rings is 1. The van der Waals surface area contributed by atoms with Crippen molar-refractivity contribution in [1.29, 1.82) is 0 Å². The van der Waals surface area contributed by atoms with Crippen molar-refractivity contribution in [1.82, 2.24) is 14.7 Å². The van der Waals surface area contributed by atoms with Gasteiger partial charge in [0.25, 0.3) is 0 Å². The molecule has 0 atom stereocenters. The lowest BCUT2D eigenvalue weighted by atomic mass is 10.0. The Bertz CT molecular complexity index is 1070. The summed E-state index contributed by atoms with van der Waals surface area (Å²) in [6, 6.07) is 10.4. The lowest BCUT2D eigenvalue weighted by Crippen LogP contribution is -2.48. The van der Waals surface area contributed by atoms with E-state index in [4.69, 9.17) is 9.47 Å². The fourth-order valence-electron chi connectivity index (χ4n) is 4.60. The predicted molar refractivity (Wildman–Crippen MR) is 138 cm³/mol. The standard InChI is InChI=1S/C26H34N4O5S/c1-3-34-25(32)23-20-10-11-30(26(33)35-4-2)17-21(20)36-24(23)27-22(31)18-29-14-12-28(13-15-29)16-19-8-6-5-7-9-19/h5-9H,3-4,10-18H2,1-2H3,(H,27,31). The van der Waals surface area contributed by atoms with Gasteiger partial charge in [0.15, 0.2) is 0 Å². The molecule has 3 heterocycles. The fraction of sp³-hybridized carbons (Fsp3) is 0.500. The molecule has 1 aromatic carbocycles. The lowest BCUT2D eigenvalue weighted by Gasteiger charge is -2.34. The maximum absolute atomic E-state index is 13.0. The summed E-state index contributed by atoms with van der Waals surface area (Å²) >= 11 is 1.34. The van der Waals surface area contributed by atoms with Gasteiger partial charge in [-0.25, -0.2) is 9.59 Å². The number of esters is 1. The maximum atomic E-state index is 13.0. The van der Waals surface area contributed by atoms with Crippen molar-refractivity contribution in [2.24, 2.45) is 0 Å². The van der Waals surface area contributed by atoms with Crippen molar-refractivity contribution in [2.75, 3.05) is 57.8 Å². The molecule has 2 aliphatic heterocycles. The first-order valence-corrected chi connectivity index (χ1v) is 13.3. The molecule has 4 rings (SSSR count). The van der Waals surface area contributed by atoms with E-state index in [1.165, 1.54) is 16.9 Å². The molecule has 1 fully saturated rings. The van der Waals surface area contributed by atoms with Crippen LogP contribution in [0.15, 0.2) is 30.3 Å². The number of amides is 2. The lowest BCUT2D eigenvalue weighted by molar-refractivity contribution is -0.117. The summed E-state index contributed by atoms with van der Waals surface area (Å²) in [6.07, 6.45) is 0.143. The number of anilines is 1. The molecule has 10 heteroatoms. The number of fused-ring (bicyclic) bond motifs is 1. The molecule has 0 radical (unpaired) electrons. The molecule has 1 aromatic heterocycles. The number of nitrogens with zero attached hydrogens (tertiary/aromatic N) is 3. The molecule has 2 amide bonds. The molecule has 0 saturated carbocycles. The van der Waals surface area contributed by atoms with Gasteiger partial charge in [0, 0.05) is 44.1 Å². The second kappa shape index (κ2) is 12.3. The Morgan fingerprint density at radius 1 is 0.944 bits per heavy atom. The van der Waals surface area contributed by atoms with Crippen molar-refractivity contribution < 1.29 is 23.9 Å². The van der Waals surface area contributed by atoms with Gasteiger partial charge in [0.1, 0.15) is 5.00 Å². The molecule has 1 N–H and O–H groups in total. The molecule has 0 aliphatic carbocycles. The Morgan fingerprint density at radius 2 is 1.64 bits per heavy atom. The molecule has 0 spiro atoms. The van der Waals surface area contributed by atoms with Gasteiger partial charge in [-0.05, 0) is 31.4 Å². The summed E-state index contributed by atoms with van der Waals surface area (Å²) in [5, 5.41) is 3.46. The smallest absolute Gasteiger partial charge is 0.410 e. The average Bonchev–Trinajstić information content (AvgIpc) is 3.23. The number of piperazine rings is 1. The van der Waals surface area contributed by atoms with Crippen LogP contribution < -0.4 is 5.32 Å². The highest BCUT2D eigenvalue weighted by Crippen LogP contribution is 2.38. The first-order valence-electron chi connectivity index (χ1n) is 12.5. The van der Waals surface area contributed by atoms with Crippen LogP contribution in [-0.4, -0.2) is 85.2 Å². The van der Waals surface area contributed by atoms with Crippen LogP contribution in [0.25, 0.3) is 0 Å². The SMILES string of the molecule is CCOC(=O)c1c(NC(=O)CN2CCN(Cc3ccccc3)CC2)sc2c1CCN(C(=O)OCC)C2. The third-order valence-electron chi connectivity index (χ3n) is 6.40. The van der Waals surface area contributed by atoms with Crippen LogP contribution >= 0.6 is 11.3 Å². The first-order chi connectivity index (χ1) is 17.5. The number of hydrogen-bond acceptors (Lipinski definition) is 8. The Labute approximate surface area is 215 Å². The van der Waals surface area contributed by atoms with Crippen LogP contribution in [0.2, 0.25) is 0 Å². The summed E-state index contributed by atoms with van der Waals surface area (Å²) in [7, 11) is 0. The van der Waals surface area contributed by atoms with Gasteiger partial charge in [-0.1, -0.05) is 30.3 Å². The number of carbonyl (C=O) groups excluding carboxylic acids is 3. The highest BCUT2D eigenvalue weighted by Gasteiger charge is 2.31. The van der Waals surface area contributed by atoms with Crippen molar-refractivity contribution in [3.63, 3.8) is 0 Å². The van der Waals surface area contributed by atoms with Crippen LogP contribution in [0.5, 0.6) is 0 Å². The van der Waals surface area contributed by atoms with E-state index in [-0.39, 0.29) is 25.2 Å². The van der Waals surface area contributed by atoms with E-state index < -0.39 is 5.97 Å². The Morgan fingerprint density at radius 3 is 2.33 bits per heavy atom. The monoisotopic (exact) mass is 514 g/mol. The Kier molecular flexibility index (Phi) is 8.95. The van der Waals surface area contributed by atoms with E-state index in [9.17, 15) is 14.4 Å². The molecule has 2 aliphatic rings. The van der Waals surface area contributed by atoms with Gasteiger partial charge in [0.05, 0.1) is 31.9 Å². The molecule has 2 aromatic rings. The largest absolute Gasteiger partial charge is 0.462 e. The van der Waals surface area contributed by atoms with Gasteiger partial charge >= 0.3 is 12.1 Å². The van der Waals surface area contributed by atoms with E-state index in [0.29, 0.717) is 36.7 Å². The number of nitrogens with one attached hydrogen (secondary N) is 1. The highest BCUT2D eigenvalue weighted by atomic mass is 32.1. The van der Waals surface area contributed by atoms with Gasteiger partial charge < -0.3 is 19.7 Å². The molecule has 0 bridgehead atoms. The predicted octanol–water partition coefficient (Wildman–Crippen LogP) is 3.20. The fourth-order valence-corrected chi connectivity index (χ4v) is 5.87. The molecular weight excluding hydrogens is 480 g/mol. The van der Waals surface area contributed by atoms with Gasteiger partial charge in [-0.15, -0.1) is 11.3 Å². The summed E-state index contributed by atoms with van der Waals surface area (Å²) in [4.78, 5) is 45.0. The van der Waals surface area contributed by atoms with Gasteiger partial charge in [-0.3, -0.25) is 14.6 Å². The van der Waals surface area contributed by atoms with Crippen molar-refractivity contribution in [2.45, 2.75) is 33.4 Å². The molecule has 0 unspecified atom stereocenters. The number of hydrogen-bond donors (Lipinski definition) is 1. The second-order valence-electron chi connectivity index (χ2n) is 8.88. The zero-order valence-electron chi connectivity index (χ0n) is 21.0. The van der Waals surface area contributed by atoms with Crippen molar-refractivity contribution >= 4 is 34.3 Å². The second-order valence-corrected chi connectivity index (χ2v) is 9.99. The van der Waals surface area contributed by atoms with Gasteiger partial charge in [0.2, 0.25) is 5.91 Å². The number of carbonyl (C=O) groups is 3. The minimum atomic E-state index is -0.440. The molecule has 1 saturated heterocycles. The minimum Gasteiger partial charge on any atom is -0.462 e. The van der Waals surface area contributed by atoms with E-state index in [1.54, 1.807) is 18.7 Å². The third-order valence-corrected chi connectivity index (χ3v) is 7.53. The van der Waals surface area contributed by atoms with E-state index in [1.807, 2.05) is 6.07 Å². The molecule has 194 valence electrons. The van der Waals surface area contributed by atoms with Crippen molar-refractivity contribution in [3.8, 4) is 0 Å². The topological polar surface area (TPSA) is 91.4 Å². The summed E-state index contributed by atoms with van der Waals surface area (Å²) < 4.78 is 10.4. The van der Waals surface area contributed by atoms with Crippen molar-refractivity contribution in [3.05, 3.63) is 51.9 Å². The number of rotatable bonds is 8. The maximum Gasteiger partial charge on any atom is 0.410 e. The summed E-state index contributed by atoms with van der Waals surface area (Å²) in [6.45, 7) is 9.47. The summed E-state index contributed by atoms with van der Waals surface area (Å²) in [5.74, 6) is -0.595. The molecule has 9 nitrogen and oxygen atoms in total. The minimum absolute atomic E-state index is 0.155. The molecular formula is C26H34N4O5S. The Balaban J connectivity index is 1.37. The molecule has 36 heavy (non-hydrogen) atoms. The van der Waals surface area contributed by atoms with E-state index >= 15 is 0 Å². The quantitative estimate of drug-likeness (QED) is 0.541. The van der Waals surface area contributed by atoms with Gasteiger partial charge in [-0.2, -0.15) is 0 Å². The van der Waals surface area contributed by atoms with E-state index in [2.05, 4.69) is 39.4 Å². The van der Waals surface area contributed by atoms with Crippen LogP contribution in [0, 0.1) is 0 Å². The zero-order chi connectivity index (χ0) is 25.5.